The number of nitrogens with one attached hydrogen (secondary N) is 2. The fourth-order valence-electron chi connectivity index (χ4n) is 3.31. The molecule has 0 saturated carbocycles. The van der Waals surface area contributed by atoms with Gasteiger partial charge in [0.15, 0.2) is 0 Å². The van der Waals surface area contributed by atoms with Crippen LogP contribution in [0.1, 0.15) is 20.3 Å². The summed E-state index contributed by atoms with van der Waals surface area (Å²) in [6.45, 7) is 8.20. The van der Waals surface area contributed by atoms with E-state index in [-0.39, 0.29) is 28.4 Å². The zero-order valence-electron chi connectivity index (χ0n) is 18.9. The summed E-state index contributed by atoms with van der Waals surface area (Å²) in [6.07, 6.45) is 0.849. The molecule has 0 fully saturated rings. The molecule has 0 radical (unpaired) electrons. The van der Waals surface area contributed by atoms with Gasteiger partial charge in [-0.25, -0.2) is 0 Å². The maximum atomic E-state index is 11.8. The summed E-state index contributed by atoms with van der Waals surface area (Å²) in [6, 6.07) is 15.9. The quantitative estimate of drug-likeness (QED) is 0.309. The number of hydrogen-bond donors (Lipinski definition) is 2. The summed E-state index contributed by atoms with van der Waals surface area (Å²) in [5.74, 6) is -0.179. The first-order valence-corrected chi connectivity index (χ1v) is 11.7. The second-order valence-electron chi connectivity index (χ2n) is 7.19. The van der Waals surface area contributed by atoms with Crippen molar-refractivity contribution in [3.05, 3.63) is 60.7 Å². The highest BCUT2D eigenvalue weighted by molar-refractivity contribution is 8.93. The molecule has 1 unspecified atom stereocenters. The number of amides is 1. The molecule has 6 nitrogen and oxygen atoms in total. The van der Waals surface area contributed by atoms with Crippen LogP contribution in [0.4, 0.5) is 11.4 Å². The molecular weight excluding hydrogens is 476 g/mol. The first-order chi connectivity index (χ1) is 14.4. The minimum Gasteiger partial charge on any atom is -0.385 e. The van der Waals surface area contributed by atoms with Gasteiger partial charge in [0.25, 0.3) is 5.91 Å². The van der Waals surface area contributed by atoms with Crippen molar-refractivity contribution in [2.75, 3.05) is 38.5 Å². The van der Waals surface area contributed by atoms with Crippen molar-refractivity contribution in [2.45, 2.75) is 25.8 Å². The van der Waals surface area contributed by atoms with E-state index in [0.717, 1.165) is 35.5 Å². The molecule has 2 aromatic rings. The number of carbonyl (C=O) groups excluding carboxylic acids is 1. The van der Waals surface area contributed by atoms with Gasteiger partial charge in [-0.05, 0) is 37.1 Å². The average Bonchev–Trinajstić information content (AvgIpc) is 2.76. The van der Waals surface area contributed by atoms with Crippen molar-refractivity contribution >= 4 is 43.1 Å². The highest BCUT2D eigenvalue weighted by Crippen LogP contribution is 2.30. The van der Waals surface area contributed by atoms with Crippen LogP contribution >= 0.6 is 17.0 Å². The molecule has 1 atom stereocenters. The largest absolute Gasteiger partial charge is 0.503 e. The molecule has 1 amide bonds. The highest BCUT2D eigenvalue weighted by Gasteiger charge is 2.44. The SMILES string of the molecule is Br.C=C(C)C(=O)Nc1ccc(-c2ccccc2NCCC(C)[Si](OC)(OC)OC)cc1. The Labute approximate surface area is 197 Å². The van der Waals surface area contributed by atoms with Crippen LogP contribution in [0.25, 0.3) is 11.1 Å². The van der Waals surface area contributed by atoms with E-state index in [1.165, 1.54) is 0 Å². The van der Waals surface area contributed by atoms with Gasteiger partial charge in [-0.1, -0.05) is 43.8 Å². The van der Waals surface area contributed by atoms with E-state index < -0.39 is 8.80 Å². The van der Waals surface area contributed by atoms with Crippen molar-refractivity contribution in [1.82, 2.24) is 0 Å². The Bertz CT molecular complexity index is 849. The van der Waals surface area contributed by atoms with Crippen LogP contribution < -0.4 is 10.6 Å². The number of para-hydroxylation sites is 1. The zero-order valence-corrected chi connectivity index (χ0v) is 21.6. The van der Waals surface area contributed by atoms with Gasteiger partial charge in [-0.2, -0.15) is 0 Å². The summed E-state index contributed by atoms with van der Waals surface area (Å²) < 4.78 is 16.7. The number of halogens is 1. The third kappa shape index (κ3) is 7.01. The van der Waals surface area contributed by atoms with Gasteiger partial charge in [-0.3, -0.25) is 4.79 Å². The number of carbonyl (C=O) groups is 1. The molecule has 8 heteroatoms. The predicted octanol–water partition coefficient (Wildman–Crippen LogP) is 5.52. The minimum absolute atomic E-state index is 0. The number of benzene rings is 2. The normalized spacial score (nSPS) is 11.9. The molecule has 2 rings (SSSR count). The van der Waals surface area contributed by atoms with E-state index in [1.54, 1.807) is 28.3 Å². The average molecular weight is 510 g/mol. The number of rotatable bonds is 11. The Balaban J connectivity index is 0.00000480. The number of hydrogen-bond acceptors (Lipinski definition) is 5. The third-order valence-electron chi connectivity index (χ3n) is 5.12. The summed E-state index contributed by atoms with van der Waals surface area (Å²) in [5.41, 5.74) is 4.58. The molecule has 170 valence electrons. The molecule has 0 saturated heterocycles. The Morgan fingerprint density at radius 2 is 1.61 bits per heavy atom. The lowest BCUT2D eigenvalue weighted by molar-refractivity contribution is -0.112. The van der Waals surface area contributed by atoms with Gasteiger partial charge in [0, 0.05) is 55.9 Å². The van der Waals surface area contributed by atoms with Gasteiger partial charge in [0.1, 0.15) is 0 Å². The van der Waals surface area contributed by atoms with E-state index in [1.807, 2.05) is 36.4 Å². The van der Waals surface area contributed by atoms with Crippen LogP contribution in [0, 0.1) is 0 Å². The zero-order chi connectivity index (χ0) is 22.1. The van der Waals surface area contributed by atoms with E-state index in [2.05, 4.69) is 36.3 Å². The van der Waals surface area contributed by atoms with Crippen LogP contribution in [0.15, 0.2) is 60.7 Å². The Morgan fingerprint density at radius 3 is 2.16 bits per heavy atom. The lowest BCUT2D eigenvalue weighted by atomic mass is 10.0. The third-order valence-corrected chi connectivity index (χ3v) is 8.32. The molecule has 31 heavy (non-hydrogen) atoms. The van der Waals surface area contributed by atoms with Crippen LogP contribution in [0.3, 0.4) is 0 Å². The molecule has 0 aromatic heterocycles. The lowest BCUT2D eigenvalue weighted by Crippen LogP contribution is -2.47. The topological polar surface area (TPSA) is 68.8 Å². The Morgan fingerprint density at radius 1 is 1.03 bits per heavy atom. The van der Waals surface area contributed by atoms with Crippen molar-refractivity contribution in [3.63, 3.8) is 0 Å². The van der Waals surface area contributed by atoms with Gasteiger partial charge in [-0.15, -0.1) is 17.0 Å². The fourth-order valence-corrected chi connectivity index (χ4v) is 5.52. The molecule has 0 bridgehead atoms. The van der Waals surface area contributed by atoms with Crippen molar-refractivity contribution < 1.29 is 18.1 Å². The highest BCUT2D eigenvalue weighted by atomic mass is 79.9. The van der Waals surface area contributed by atoms with Crippen LogP contribution in [-0.4, -0.2) is 42.6 Å². The molecule has 0 spiro atoms. The molecule has 2 N–H and O–H groups in total. The summed E-state index contributed by atoms with van der Waals surface area (Å²) in [5, 5.41) is 6.35. The lowest BCUT2D eigenvalue weighted by Gasteiger charge is -2.30. The second-order valence-corrected chi connectivity index (χ2v) is 10.6. The van der Waals surface area contributed by atoms with Crippen LogP contribution in [0.5, 0.6) is 0 Å². The fraction of sp³-hybridized carbons (Fsp3) is 0.348. The molecule has 0 aliphatic carbocycles. The minimum atomic E-state index is -2.65. The van der Waals surface area contributed by atoms with E-state index >= 15 is 0 Å². The van der Waals surface area contributed by atoms with Gasteiger partial charge >= 0.3 is 8.80 Å². The maximum Gasteiger partial charge on any atom is 0.503 e. The maximum absolute atomic E-state index is 11.8. The molecule has 0 heterocycles. The van der Waals surface area contributed by atoms with Gasteiger partial charge < -0.3 is 23.9 Å². The standard InChI is InChI=1S/C23H32N2O4Si.BrH/c1-17(2)23(26)25-20-13-11-19(12-14-20)21-9-7-8-10-22(21)24-16-15-18(3)30(27-4,28-5)29-6;/h7-14,18,24H,1,15-16H2,2-6H3,(H,25,26);1H. The first-order valence-electron chi connectivity index (χ1n) is 9.92. The van der Waals surface area contributed by atoms with Gasteiger partial charge in [0.2, 0.25) is 0 Å². The summed E-state index contributed by atoms with van der Waals surface area (Å²) in [4.78, 5) is 11.8. The first kappa shape index (κ1) is 27.1. The molecule has 2 aromatic carbocycles. The van der Waals surface area contributed by atoms with Gasteiger partial charge in [0.05, 0.1) is 0 Å². The molecular formula is C23H33BrN2O4Si. The van der Waals surface area contributed by atoms with E-state index in [0.29, 0.717) is 5.57 Å². The van der Waals surface area contributed by atoms with E-state index in [9.17, 15) is 4.79 Å². The molecule has 0 aliphatic rings. The monoisotopic (exact) mass is 508 g/mol. The van der Waals surface area contributed by atoms with Crippen LogP contribution in [-0.2, 0) is 18.1 Å². The second kappa shape index (κ2) is 12.8. The molecule has 0 aliphatic heterocycles. The van der Waals surface area contributed by atoms with Crippen molar-refractivity contribution in [3.8, 4) is 11.1 Å². The summed E-state index contributed by atoms with van der Waals surface area (Å²) in [7, 11) is 2.27. The Kier molecular flexibility index (Phi) is 11.2. The summed E-state index contributed by atoms with van der Waals surface area (Å²) >= 11 is 0. The van der Waals surface area contributed by atoms with Crippen molar-refractivity contribution in [1.29, 1.82) is 0 Å². The number of anilines is 2. The van der Waals surface area contributed by atoms with E-state index in [4.69, 9.17) is 13.3 Å². The Hall–Kier alpha value is -1.97. The predicted molar refractivity (Wildman–Crippen MR) is 135 cm³/mol. The smallest absolute Gasteiger partial charge is 0.385 e. The van der Waals surface area contributed by atoms with Crippen molar-refractivity contribution in [2.24, 2.45) is 0 Å². The van der Waals surface area contributed by atoms with Crippen LogP contribution in [0.2, 0.25) is 5.54 Å².